The van der Waals surface area contributed by atoms with Crippen LogP contribution in [0, 0.1) is 10.8 Å². The Labute approximate surface area is 265 Å². The van der Waals surface area contributed by atoms with Crippen LogP contribution in [0.4, 0.5) is 0 Å². The second-order valence-electron chi connectivity index (χ2n) is 13.4. The van der Waals surface area contributed by atoms with Gasteiger partial charge >= 0.3 is 267 Å². The Morgan fingerprint density at radius 3 is 2.07 bits per heavy atom. The van der Waals surface area contributed by atoms with Gasteiger partial charge in [-0.2, -0.15) is 0 Å². The van der Waals surface area contributed by atoms with Crippen molar-refractivity contribution < 1.29 is 38.5 Å². The second-order valence-corrected chi connectivity index (χ2v) is 20.3. The molecule has 45 heavy (non-hydrogen) atoms. The molecule has 1 heterocycles. The number of fused-ring (bicyclic) bond motifs is 4. The van der Waals surface area contributed by atoms with Gasteiger partial charge in [-0.15, -0.1) is 0 Å². The number of benzene rings is 3. The average Bonchev–Trinajstić information content (AvgIpc) is 2.87. The third-order valence-corrected chi connectivity index (χ3v) is 11.4. The van der Waals surface area contributed by atoms with Crippen LogP contribution in [-0.2, 0) is 13.9 Å². The van der Waals surface area contributed by atoms with Gasteiger partial charge in [-0.1, -0.05) is 0 Å². The molecule has 0 unspecified atom stereocenters. The predicted molar refractivity (Wildman–Crippen MR) is 170 cm³/mol. The number of carbonyl (C=O) groups is 1. The molecule has 3 aliphatic rings. The zero-order chi connectivity index (χ0) is 32.7. The van der Waals surface area contributed by atoms with Gasteiger partial charge in [0, 0.05) is 0 Å². The van der Waals surface area contributed by atoms with E-state index in [2.05, 4.69) is 0 Å². The molecule has 0 amide bonds. The van der Waals surface area contributed by atoms with E-state index < -0.39 is 44.9 Å². The summed E-state index contributed by atoms with van der Waals surface area (Å²) in [7, 11) is 0. The molecular formula is C34H34As2O9. The third-order valence-electron chi connectivity index (χ3n) is 8.27. The summed E-state index contributed by atoms with van der Waals surface area (Å²) >= 11 is -10.2. The molecule has 1 aliphatic heterocycles. The molecule has 0 saturated heterocycles. The summed E-state index contributed by atoms with van der Waals surface area (Å²) in [4.78, 5) is 12.5. The number of hydrogen-bond acceptors (Lipinski definition) is 4. The van der Waals surface area contributed by atoms with Crippen LogP contribution in [-0.4, -0.2) is 55.8 Å². The van der Waals surface area contributed by atoms with E-state index in [1.807, 2.05) is 70.2 Å². The van der Waals surface area contributed by atoms with E-state index in [4.69, 9.17) is 4.74 Å². The van der Waals surface area contributed by atoms with Crippen molar-refractivity contribution in [3.8, 4) is 11.5 Å². The van der Waals surface area contributed by atoms with Gasteiger partial charge in [0.1, 0.15) is 0 Å². The summed E-state index contributed by atoms with van der Waals surface area (Å²) in [6.07, 6.45) is 6.37. The summed E-state index contributed by atoms with van der Waals surface area (Å²) in [6, 6.07) is 14.0. The molecule has 11 heteroatoms. The molecule has 0 radical (unpaired) electrons. The van der Waals surface area contributed by atoms with Gasteiger partial charge < -0.3 is 0 Å². The molecule has 9 nitrogen and oxygen atoms in total. The van der Waals surface area contributed by atoms with Crippen LogP contribution in [0.2, 0.25) is 10.4 Å². The van der Waals surface area contributed by atoms with Crippen LogP contribution in [0.1, 0.15) is 65.9 Å². The van der Waals surface area contributed by atoms with Gasteiger partial charge in [0.05, 0.1) is 0 Å². The SMILES string of the molecule is CC1(C)C=C(C[As](=O)(O)O)c2cc3c(cc2=C1)Oc1cc2c(cc1C=3c1ccccc1C(=O)O)C(C[As](=O)(O)O)=CC(C)(C)C2. The number of carboxylic acids is 1. The Bertz CT molecular complexity index is 2090. The van der Waals surface area contributed by atoms with E-state index in [-0.39, 0.29) is 16.2 Å². The van der Waals surface area contributed by atoms with E-state index in [0.717, 1.165) is 10.8 Å². The fraction of sp³-hybridized carbons (Fsp3) is 0.265. The van der Waals surface area contributed by atoms with Crippen molar-refractivity contribution in [2.45, 2.75) is 44.5 Å². The van der Waals surface area contributed by atoms with Crippen LogP contribution in [0.25, 0.3) is 22.8 Å². The topological polar surface area (TPSA) is 162 Å². The van der Waals surface area contributed by atoms with Crippen molar-refractivity contribution in [2.75, 3.05) is 0 Å². The van der Waals surface area contributed by atoms with Gasteiger partial charge in [-0.3, -0.25) is 0 Å². The first-order valence-corrected chi connectivity index (χ1v) is 22.0. The van der Waals surface area contributed by atoms with Crippen LogP contribution in [0.5, 0.6) is 11.5 Å². The third kappa shape index (κ3) is 6.39. The zero-order valence-electron chi connectivity index (χ0n) is 25.2. The Hall–Kier alpha value is -3.29. The fourth-order valence-electron chi connectivity index (χ4n) is 6.83. The summed E-state index contributed by atoms with van der Waals surface area (Å²) < 4.78 is 71.0. The van der Waals surface area contributed by atoms with Gasteiger partial charge in [0.15, 0.2) is 0 Å². The van der Waals surface area contributed by atoms with Gasteiger partial charge in [-0.25, -0.2) is 0 Å². The van der Waals surface area contributed by atoms with Gasteiger partial charge in [0.2, 0.25) is 0 Å². The minimum absolute atomic E-state index is 0.0546. The predicted octanol–water partition coefficient (Wildman–Crippen LogP) is 3.62. The summed E-state index contributed by atoms with van der Waals surface area (Å²) in [5.41, 5.74) is 3.94. The monoisotopic (exact) mass is 736 g/mol. The number of hydrogen-bond donors (Lipinski definition) is 5. The Morgan fingerprint density at radius 2 is 1.42 bits per heavy atom. The molecule has 6 rings (SSSR count). The van der Waals surface area contributed by atoms with Crippen molar-refractivity contribution in [2.24, 2.45) is 10.8 Å². The molecule has 0 atom stereocenters. The Morgan fingerprint density at radius 1 is 0.778 bits per heavy atom. The molecule has 0 aromatic heterocycles. The quantitative estimate of drug-likeness (QED) is 0.186. The van der Waals surface area contributed by atoms with Crippen LogP contribution in [0.15, 0.2) is 60.7 Å². The number of aromatic carboxylic acids is 1. The van der Waals surface area contributed by atoms with E-state index in [1.54, 1.807) is 18.2 Å². The van der Waals surface area contributed by atoms with Crippen LogP contribution in [0.3, 0.4) is 0 Å². The van der Waals surface area contributed by atoms with Gasteiger partial charge in [0.25, 0.3) is 0 Å². The first-order chi connectivity index (χ1) is 20.8. The molecule has 3 aromatic carbocycles. The van der Waals surface area contributed by atoms with Crippen molar-refractivity contribution in [1.82, 2.24) is 0 Å². The maximum atomic E-state index is 12.5. The molecule has 234 valence electrons. The number of ether oxygens (including phenoxy) is 1. The van der Waals surface area contributed by atoms with Crippen LogP contribution >= 0.6 is 0 Å². The molecule has 5 N–H and O–H groups in total. The van der Waals surface area contributed by atoms with Crippen molar-refractivity contribution >= 4 is 57.1 Å². The molecule has 2 aliphatic carbocycles. The second kappa shape index (κ2) is 10.6. The summed E-state index contributed by atoms with van der Waals surface area (Å²) in [5.74, 6) is -0.176. The average molecular weight is 736 g/mol. The number of allylic oxidation sites excluding steroid dienone is 4. The van der Waals surface area contributed by atoms with E-state index >= 15 is 0 Å². The number of rotatable bonds is 6. The molecular weight excluding hydrogens is 702 g/mol. The molecule has 0 bridgehead atoms. The molecule has 0 saturated carbocycles. The van der Waals surface area contributed by atoms with E-state index in [1.165, 1.54) is 6.07 Å². The minimum atomic E-state index is -5.11. The van der Waals surface area contributed by atoms with Crippen molar-refractivity contribution in [3.63, 3.8) is 0 Å². The first kappa shape index (κ1) is 31.7. The normalized spacial score (nSPS) is 17.8. The van der Waals surface area contributed by atoms with Crippen molar-refractivity contribution in [1.29, 1.82) is 0 Å². The Balaban J connectivity index is 1.71. The van der Waals surface area contributed by atoms with E-state index in [0.29, 0.717) is 62.1 Å². The number of carboxylic acid groups (broad SMARTS) is 1. The molecule has 0 fully saturated rings. The fourth-order valence-corrected chi connectivity index (χ4v) is 9.79. The zero-order valence-corrected chi connectivity index (χ0v) is 29.0. The molecule has 3 aromatic rings. The standard InChI is InChI=1S/C34H34As2O9/c1-33(2)13-19-9-29-27(11-25(19)21(15-33)17-35(39,40)41)31(23-7-5-6-8-24(23)32(37)38)28-12-26-20(10-30(28)45-29)14-34(3,4)16-22(26)18-36(42,43)44/h5-13,15-16H,14,17-18H2,1-4H3,(H,37,38)(H2,39,40,41)(H2,42,43,44). The Kier molecular flexibility index (Phi) is 7.48. The van der Waals surface area contributed by atoms with Crippen LogP contribution < -0.4 is 15.2 Å². The first-order valence-electron chi connectivity index (χ1n) is 14.4. The van der Waals surface area contributed by atoms with Crippen molar-refractivity contribution in [3.05, 3.63) is 105 Å². The van der Waals surface area contributed by atoms with Gasteiger partial charge in [-0.05, 0) is 0 Å². The maximum absolute atomic E-state index is 12.5. The van der Waals surface area contributed by atoms with E-state index in [9.17, 15) is 33.8 Å². The molecule has 0 spiro atoms. The summed E-state index contributed by atoms with van der Waals surface area (Å²) in [5, 5.41) is 10.7. The summed E-state index contributed by atoms with van der Waals surface area (Å²) in [6.45, 7) is 7.92.